The smallest absolute Gasteiger partial charge is 0.212 e. The van der Waals surface area contributed by atoms with Crippen molar-refractivity contribution in [2.45, 2.75) is 32.0 Å². The molecule has 0 radical (unpaired) electrons. The van der Waals surface area contributed by atoms with Gasteiger partial charge in [0.25, 0.3) is 0 Å². The molecule has 3 rings (SSSR count). The Bertz CT molecular complexity index is 625. The Kier molecular flexibility index (Phi) is 5.77. The van der Waals surface area contributed by atoms with E-state index in [1.165, 1.54) is 12.1 Å². The van der Waals surface area contributed by atoms with Crippen LogP contribution in [0.15, 0.2) is 42.6 Å². The van der Waals surface area contributed by atoms with Gasteiger partial charge in [-0.15, -0.1) is 0 Å². The van der Waals surface area contributed by atoms with Crippen molar-refractivity contribution in [3.05, 3.63) is 59.5 Å². The van der Waals surface area contributed by atoms with Crippen molar-refractivity contribution in [1.82, 2.24) is 9.88 Å². The zero-order valence-corrected chi connectivity index (χ0v) is 14.0. The summed E-state index contributed by atoms with van der Waals surface area (Å²) in [5.74, 6) is 0.409. The maximum atomic E-state index is 13.1. The SMILES string of the molecule is COc1ccc(CN(Cc2ccc(F)cc2)C[C@H]2CCCO2)cn1. The van der Waals surface area contributed by atoms with Crippen LogP contribution in [-0.4, -0.2) is 36.2 Å². The zero-order valence-electron chi connectivity index (χ0n) is 14.0. The molecule has 128 valence electrons. The second-order valence-electron chi connectivity index (χ2n) is 6.14. The van der Waals surface area contributed by atoms with Crippen LogP contribution in [0.25, 0.3) is 0 Å². The first-order chi connectivity index (χ1) is 11.7. The predicted molar refractivity (Wildman–Crippen MR) is 90.3 cm³/mol. The van der Waals surface area contributed by atoms with E-state index in [-0.39, 0.29) is 11.9 Å². The minimum atomic E-state index is -0.205. The van der Waals surface area contributed by atoms with Gasteiger partial charge >= 0.3 is 0 Å². The Labute approximate surface area is 142 Å². The standard InChI is InChI=1S/C19H23FN2O2/c1-23-19-9-6-16(11-21-19)13-22(14-18-3-2-10-24-18)12-15-4-7-17(20)8-5-15/h4-9,11,18H,2-3,10,12-14H2,1H3/t18-/m1/s1. The predicted octanol–water partition coefficient (Wildman–Crippen LogP) is 3.41. The largest absolute Gasteiger partial charge is 0.481 e. The third-order valence-electron chi connectivity index (χ3n) is 4.22. The monoisotopic (exact) mass is 330 g/mol. The lowest BCUT2D eigenvalue weighted by Crippen LogP contribution is -2.31. The number of aromatic nitrogens is 1. The highest BCUT2D eigenvalue weighted by molar-refractivity contribution is 5.19. The molecule has 2 heterocycles. The Balaban J connectivity index is 1.68. The Morgan fingerprint density at radius 3 is 2.54 bits per heavy atom. The zero-order chi connectivity index (χ0) is 16.8. The molecule has 1 aliphatic heterocycles. The average molecular weight is 330 g/mol. The summed E-state index contributed by atoms with van der Waals surface area (Å²) >= 11 is 0. The van der Waals surface area contributed by atoms with Gasteiger partial charge in [0.05, 0.1) is 13.2 Å². The summed E-state index contributed by atoms with van der Waals surface area (Å²) in [7, 11) is 1.61. The van der Waals surface area contributed by atoms with Crippen LogP contribution < -0.4 is 4.74 Å². The van der Waals surface area contributed by atoms with Gasteiger partial charge in [-0.2, -0.15) is 0 Å². The molecule has 0 N–H and O–H groups in total. The maximum Gasteiger partial charge on any atom is 0.212 e. The van der Waals surface area contributed by atoms with Gasteiger partial charge in [-0.05, 0) is 36.1 Å². The fourth-order valence-corrected chi connectivity index (χ4v) is 2.99. The first-order valence-corrected chi connectivity index (χ1v) is 8.30. The molecule has 1 aromatic heterocycles. The molecule has 1 aromatic carbocycles. The van der Waals surface area contributed by atoms with Crippen molar-refractivity contribution in [2.24, 2.45) is 0 Å². The molecule has 24 heavy (non-hydrogen) atoms. The molecule has 1 saturated heterocycles. The molecule has 0 saturated carbocycles. The highest BCUT2D eigenvalue weighted by Crippen LogP contribution is 2.18. The van der Waals surface area contributed by atoms with E-state index in [1.807, 2.05) is 30.5 Å². The topological polar surface area (TPSA) is 34.6 Å². The number of ether oxygens (including phenoxy) is 2. The van der Waals surface area contributed by atoms with Crippen LogP contribution in [0.5, 0.6) is 5.88 Å². The number of hydrogen-bond donors (Lipinski definition) is 0. The summed E-state index contributed by atoms with van der Waals surface area (Å²) in [6, 6.07) is 10.6. The quantitative estimate of drug-likeness (QED) is 0.779. The Hall–Kier alpha value is -1.98. The summed E-state index contributed by atoms with van der Waals surface area (Å²) in [5, 5.41) is 0. The number of halogens is 1. The van der Waals surface area contributed by atoms with Gasteiger partial charge < -0.3 is 9.47 Å². The highest BCUT2D eigenvalue weighted by Gasteiger charge is 2.19. The van der Waals surface area contributed by atoms with Crippen molar-refractivity contribution >= 4 is 0 Å². The molecule has 4 nitrogen and oxygen atoms in total. The van der Waals surface area contributed by atoms with Gasteiger partial charge in [0.1, 0.15) is 5.82 Å². The normalized spacial score (nSPS) is 17.4. The second kappa shape index (κ2) is 8.22. The van der Waals surface area contributed by atoms with Crippen molar-refractivity contribution in [3.8, 4) is 5.88 Å². The van der Waals surface area contributed by atoms with Gasteiger partial charge in [-0.25, -0.2) is 9.37 Å². The van der Waals surface area contributed by atoms with E-state index >= 15 is 0 Å². The third-order valence-corrected chi connectivity index (χ3v) is 4.22. The van der Waals surface area contributed by atoms with Crippen LogP contribution in [-0.2, 0) is 17.8 Å². The van der Waals surface area contributed by atoms with E-state index in [4.69, 9.17) is 9.47 Å². The molecule has 5 heteroatoms. The number of hydrogen-bond acceptors (Lipinski definition) is 4. The molecule has 0 spiro atoms. The van der Waals surface area contributed by atoms with E-state index in [0.29, 0.717) is 5.88 Å². The molecular weight excluding hydrogens is 307 g/mol. The molecule has 1 fully saturated rings. The van der Waals surface area contributed by atoms with Crippen molar-refractivity contribution in [3.63, 3.8) is 0 Å². The summed E-state index contributed by atoms with van der Waals surface area (Å²) in [5.41, 5.74) is 2.21. The van der Waals surface area contributed by atoms with Gasteiger partial charge in [0, 0.05) is 38.5 Å². The number of nitrogens with zero attached hydrogens (tertiary/aromatic N) is 2. The fourth-order valence-electron chi connectivity index (χ4n) is 2.99. The number of pyridine rings is 1. The first-order valence-electron chi connectivity index (χ1n) is 8.30. The minimum Gasteiger partial charge on any atom is -0.481 e. The number of rotatable bonds is 7. The average Bonchev–Trinajstić information content (AvgIpc) is 3.10. The minimum absolute atomic E-state index is 0.205. The van der Waals surface area contributed by atoms with Crippen LogP contribution >= 0.6 is 0 Å². The van der Waals surface area contributed by atoms with Crippen LogP contribution in [0, 0.1) is 5.82 Å². The summed E-state index contributed by atoms with van der Waals surface area (Å²) in [4.78, 5) is 6.60. The van der Waals surface area contributed by atoms with Crippen molar-refractivity contribution in [2.75, 3.05) is 20.3 Å². The molecule has 1 atom stereocenters. The van der Waals surface area contributed by atoms with Crippen molar-refractivity contribution < 1.29 is 13.9 Å². The van der Waals surface area contributed by atoms with Gasteiger partial charge in [-0.1, -0.05) is 18.2 Å². The maximum absolute atomic E-state index is 13.1. The van der Waals surface area contributed by atoms with Crippen molar-refractivity contribution in [1.29, 1.82) is 0 Å². The lowest BCUT2D eigenvalue weighted by molar-refractivity contribution is 0.0678. The van der Waals surface area contributed by atoms with E-state index in [2.05, 4.69) is 9.88 Å². The van der Waals surface area contributed by atoms with E-state index in [0.717, 1.165) is 50.2 Å². The summed E-state index contributed by atoms with van der Waals surface area (Å²) < 4.78 is 24.0. The third kappa shape index (κ3) is 4.76. The van der Waals surface area contributed by atoms with E-state index < -0.39 is 0 Å². The summed E-state index contributed by atoms with van der Waals surface area (Å²) in [6.07, 6.45) is 4.34. The lowest BCUT2D eigenvalue weighted by Gasteiger charge is -2.25. The number of methoxy groups -OCH3 is 1. The highest BCUT2D eigenvalue weighted by atomic mass is 19.1. The van der Waals surface area contributed by atoms with Crippen LogP contribution in [0.3, 0.4) is 0 Å². The fraction of sp³-hybridized carbons (Fsp3) is 0.421. The van der Waals surface area contributed by atoms with Crippen LogP contribution in [0.2, 0.25) is 0 Å². The molecule has 2 aromatic rings. The Morgan fingerprint density at radius 1 is 1.17 bits per heavy atom. The van der Waals surface area contributed by atoms with Gasteiger partial charge in [0.15, 0.2) is 0 Å². The molecule has 0 aliphatic carbocycles. The number of benzene rings is 1. The summed E-state index contributed by atoms with van der Waals surface area (Å²) in [6.45, 7) is 3.24. The van der Waals surface area contributed by atoms with Crippen LogP contribution in [0.4, 0.5) is 4.39 Å². The van der Waals surface area contributed by atoms with Gasteiger partial charge in [0.2, 0.25) is 5.88 Å². The first kappa shape index (κ1) is 16.9. The van der Waals surface area contributed by atoms with E-state index in [9.17, 15) is 4.39 Å². The molecule has 0 amide bonds. The Morgan fingerprint density at radius 2 is 1.92 bits per heavy atom. The van der Waals surface area contributed by atoms with E-state index in [1.54, 1.807) is 7.11 Å². The molecule has 0 unspecified atom stereocenters. The molecule has 0 bridgehead atoms. The second-order valence-corrected chi connectivity index (χ2v) is 6.14. The molecule has 1 aliphatic rings. The lowest BCUT2D eigenvalue weighted by atomic mass is 10.1. The molecular formula is C19H23FN2O2. The van der Waals surface area contributed by atoms with Gasteiger partial charge in [-0.3, -0.25) is 4.90 Å². The van der Waals surface area contributed by atoms with Crippen LogP contribution in [0.1, 0.15) is 24.0 Å².